The quantitative estimate of drug-likeness (QED) is 0.0936. The van der Waals surface area contributed by atoms with Gasteiger partial charge < -0.3 is 17.2 Å². The number of benzene rings is 3. The Kier molecular flexibility index (Phi) is 16.5. The number of pyridine rings is 3. The molecule has 1 unspecified atom stereocenters. The molecule has 25 heteroatoms. The molecule has 0 saturated heterocycles. The zero-order valence-electron chi connectivity index (χ0n) is 47.1. The zero-order valence-corrected chi connectivity index (χ0v) is 47.1. The van der Waals surface area contributed by atoms with E-state index in [9.17, 15) is 27.6 Å². The molecule has 12 rings (SSSR count). The van der Waals surface area contributed by atoms with Crippen LogP contribution in [0.1, 0.15) is 54.2 Å². The van der Waals surface area contributed by atoms with Crippen LogP contribution in [0.4, 0.5) is 13.2 Å². The summed E-state index contributed by atoms with van der Waals surface area (Å²) in [6.45, 7) is 7.82. The molecule has 6 N–H and O–H groups in total. The number of hydrogen-bond donors (Lipinski definition) is 3. The molecule has 3 aliphatic heterocycles. The molecule has 429 valence electrons. The van der Waals surface area contributed by atoms with Crippen molar-refractivity contribution in [1.29, 1.82) is 0 Å². The predicted octanol–water partition coefficient (Wildman–Crippen LogP) is 6.02. The molecule has 21 nitrogen and oxygen atoms in total. The fourth-order valence-corrected chi connectivity index (χ4v) is 10.3. The van der Waals surface area contributed by atoms with Gasteiger partial charge in [-0.2, -0.15) is 28.5 Å². The minimum Gasteiger partial charge on any atom is -0.369 e. The Bertz CT molecular complexity index is 3690. The molecule has 3 radical (unpaired) electrons. The number of rotatable bonds is 12. The van der Waals surface area contributed by atoms with Crippen molar-refractivity contribution in [2.24, 2.45) is 32.2 Å². The average molecular weight is 1150 g/mol. The standard InChI is InChI=1S/3C20H19FN6O.B/c3*1-3-27-12-15(11-24-27)20(18(28)26(2)19(22)25-20)14-7-4-6-13(10-14)16-8-5-9-23-17(16)21;/h3*4-12H,3H2,1-2H3,(H2,22,25);/t2*20-;;/m10../s1. The molecule has 0 saturated carbocycles. The summed E-state index contributed by atoms with van der Waals surface area (Å²) in [5, 5.41) is 12.9. The maximum absolute atomic E-state index is 14.2. The van der Waals surface area contributed by atoms with Crippen LogP contribution >= 0.6 is 0 Å². The summed E-state index contributed by atoms with van der Waals surface area (Å²) in [7, 11) is 4.74. The number of aryl methyl sites for hydroxylation is 3. The number of carbonyl (C=O) groups is 3. The van der Waals surface area contributed by atoms with Crippen LogP contribution in [-0.2, 0) is 50.6 Å². The summed E-state index contributed by atoms with van der Waals surface area (Å²) < 4.78 is 47.8. The predicted molar refractivity (Wildman–Crippen MR) is 314 cm³/mol. The maximum atomic E-state index is 14.2. The lowest BCUT2D eigenvalue weighted by atomic mass is 9.83. The Labute approximate surface area is 488 Å². The number of aliphatic imine (C=N–C) groups is 3. The van der Waals surface area contributed by atoms with Gasteiger partial charge in [0, 0.05) is 120 Å². The molecule has 9 aromatic rings. The molecule has 85 heavy (non-hydrogen) atoms. The van der Waals surface area contributed by atoms with Gasteiger partial charge in [0.1, 0.15) is 0 Å². The minimum atomic E-state index is -1.36. The van der Waals surface area contributed by atoms with Gasteiger partial charge in [0.25, 0.3) is 17.7 Å². The second-order valence-electron chi connectivity index (χ2n) is 19.7. The minimum absolute atomic E-state index is 0. The molecule has 3 atom stereocenters. The van der Waals surface area contributed by atoms with E-state index >= 15 is 0 Å². The highest BCUT2D eigenvalue weighted by atomic mass is 19.1. The van der Waals surface area contributed by atoms with Gasteiger partial charge in [-0.15, -0.1) is 0 Å². The maximum Gasteiger partial charge on any atom is 0.266 e. The third-order valence-electron chi connectivity index (χ3n) is 14.9. The van der Waals surface area contributed by atoms with E-state index in [1.165, 1.54) is 33.3 Å². The number of guanidine groups is 3. The number of hydrogen-bond acceptors (Lipinski definition) is 15. The summed E-state index contributed by atoms with van der Waals surface area (Å²) in [6.07, 6.45) is 14.4. The molecule has 0 aliphatic carbocycles. The lowest BCUT2D eigenvalue weighted by molar-refractivity contribution is -0.130. The highest BCUT2D eigenvalue weighted by Gasteiger charge is 2.53. The van der Waals surface area contributed by atoms with Crippen LogP contribution in [-0.4, -0.2) is 124 Å². The van der Waals surface area contributed by atoms with Gasteiger partial charge in [-0.05, 0) is 109 Å². The van der Waals surface area contributed by atoms with Crippen molar-refractivity contribution in [2.45, 2.75) is 57.0 Å². The second kappa shape index (κ2) is 23.7. The topological polar surface area (TPSA) is 268 Å². The van der Waals surface area contributed by atoms with Crippen molar-refractivity contribution in [1.82, 2.24) is 59.0 Å². The first-order valence-electron chi connectivity index (χ1n) is 26.5. The van der Waals surface area contributed by atoms with Crippen LogP contribution in [0.25, 0.3) is 33.4 Å². The van der Waals surface area contributed by atoms with Gasteiger partial charge in [-0.25, -0.2) is 29.9 Å². The molecular formula is C60H57BF3N18O3. The first kappa shape index (κ1) is 59.0. The Hall–Kier alpha value is -10.6. The molecule has 3 aliphatic rings. The van der Waals surface area contributed by atoms with E-state index in [2.05, 4.69) is 45.2 Å². The van der Waals surface area contributed by atoms with E-state index in [1.807, 2.05) is 20.8 Å². The summed E-state index contributed by atoms with van der Waals surface area (Å²) in [4.78, 5) is 68.5. The highest BCUT2D eigenvalue weighted by molar-refractivity contribution is 6.10. The van der Waals surface area contributed by atoms with Crippen LogP contribution < -0.4 is 17.2 Å². The molecule has 9 heterocycles. The van der Waals surface area contributed by atoms with Gasteiger partial charge in [0.05, 0.1) is 18.6 Å². The van der Waals surface area contributed by atoms with Crippen molar-refractivity contribution in [3.63, 3.8) is 0 Å². The lowest BCUT2D eigenvalue weighted by Crippen LogP contribution is -2.41. The van der Waals surface area contributed by atoms with Crippen molar-refractivity contribution < 1.29 is 27.6 Å². The van der Waals surface area contributed by atoms with Crippen LogP contribution in [0.3, 0.4) is 0 Å². The highest BCUT2D eigenvalue weighted by Crippen LogP contribution is 2.44. The van der Waals surface area contributed by atoms with Gasteiger partial charge in [0.15, 0.2) is 34.5 Å². The molecule has 6 aromatic heterocycles. The third-order valence-corrected chi connectivity index (χ3v) is 14.9. The van der Waals surface area contributed by atoms with E-state index in [4.69, 9.17) is 17.2 Å². The molecule has 0 bridgehead atoms. The largest absolute Gasteiger partial charge is 0.369 e. The molecule has 3 amide bonds. The fraction of sp³-hybridized carbons (Fsp3) is 0.200. The summed E-state index contributed by atoms with van der Waals surface area (Å²) in [6, 6.07) is 31.1. The first-order chi connectivity index (χ1) is 40.4. The third kappa shape index (κ3) is 10.3. The van der Waals surface area contributed by atoms with Crippen LogP contribution in [0.15, 0.2) is 180 Å². The van der Waals surface area contributed by atoms with Gasteiger partial charge >= 0.3 is 0 Å². The average Bonchev–Trinajstić information content (AvgIpc) is 1.99. The van der Waals surface area contributed by atoms with E-state index in [-0.39, 0.29) is 44.0 Å². The summed E-state index contributed by atoms with van der Waals surface area (Å²) in [5.41, 5.74) is 20.3. The fourth-order valence-electron chi connectivity index (χ4n) is 10.3. The van der Waals surface area contributed by atoms with Crippen LogP contribution in [0.5, 0.6) is 0 Å². The summed E-state index contributed by atoms with van der Waals surface area (Å²) >= 11 is 0. The Morgan fingerprint density at radius 1 is 0.412 bits per heavy atom. The van der Waals surface area contributed by atoms with Crippen molar-refractivity contribution in [3.05, 3.63) is 216 Å². The van der Waals surface area contributed by atoms with E-state index < -0.39 is 34.5 Å². The Morgan fingerprint density at radius 2 is 0.682 bits per heavy atom. The van der Waals surface area contributed by atoms with Crippen LogP contribution in [0.2, 0.25) is 0 Å². The van der Waals surface area contributed by atoms with Gasteiger partial charge in [0.2, 0.25) is 17.8 Å². The summed E-state index contributed by atoms with van der Waals surface area (Å²) in [5.74, 6) is -2.24. The molecular weight excluding hydrogens is 1090 g/mol. The van der Waals surface area contributed by atoms with Crippen molar-refractivity contribution in [3.8, 4) is 33.4 Å². The molecule has 0 fully saturated rings. The number of halogens is 3. The number of aromatic nitrogens is 9. The number of amides is 3. The van der Waals surface area contributed by atoms with Gasteiger partial charge in [-0.1, -0.05) is 54.6 Å². The number of nitrogens with zero attached hydrogens (tertiary/aromatic N) is 15. The SMILES string of the molecule is CCn1cc(C2(c3cccc(-c4cccnc4F)c3)N=C(N)N(C)C2=O)cn1.CCn1cc([C@@]2(c3cccc(-c4cccnc4F)c3)N=C(N)N(C)C2=O)cn1.CCn1cc([C@]2(c3cccc(-c4cccnc4F)c3)N=C(N)N(C)C2=O)cn1.[B]. The number of likely N-dealkylation sites (N-methyl/N-ethyl adjacent to an activating group) is 3. The molecule has 3 aromatic carbocycles. The lowest BCUT2D eigenvalue weighted by Gasteiger charge is -2.25. The Morgan fingerprint density at radius 3 is 0.894 bits per heavy atom. The normalized spacial score (nSPS) is 19.0. The molecule has 0 spiro atoms. The number of carbonyl (C=O) groups excluding carboxylic acids is 3. The first-order valence-corrected chi connectivity index (χ1v) is 26.5. The van der Waals surface area contributed by atoms with Crippen molar-refractivity contribution in [2.75, 3.05) is 21.1 Å². The van der Waals surface area contributed by atoms with E-state index in [1.54, 1.807) is 182 Å². The van der Waals surface area contributed by atoms with Gasteiger partial charge in [-0.3, -0.25) is 43.1 Å². The zero-order chi connectivity index (χ0) is 59.7. The second-order valence-corrected chi connectivity index (χ2v) is 19.7. The monoisotopic (exact) mass is 1150 g/mol. The van der Waals surface area contributed by atoms with E-state index in [0.29, 0.717) is 86.4 Å². The number of nitrogens with two attached hydrogens (primary N) is 3. The van der Waals surface area contributed by atoms with E-state index in [0.717, 1.165) is 0 Å². The smallest absolute Gasteiger partial charge is 0.266 e. The Balaban J connectivity index is 0.000000152. The van der Waals surface area contributed by atoms with Crippen LogP contribution in [0, 0.1) is 17.8 Å². The van der Waals surface area contributed by atoms with Crippen molar-refractivity contribution >= 4 is 44.0 Å².